The van der Waals surface area contributed by atoms with E-state index in [1.54, 1.807) is 24.3 Å². The van der Waals surface area contributed by atoms with E-state index in [9.17, 15) is 9.59 Å². The first-order chi connectivity index (χ1) is 10.5. The fourth-order valence-corrected chi connectivity index (χ4v) is 3.20. The molecule has 1 aliphatic rings. The standard InChI is InChI=1S/C15H14BrNO4S/c1-4-5-21-13-10(16)6-9(7-11(13)20-3)8-12-14(18)17(2)15(19)22-12/h4,6-8H,1,5H2,2-3H3/b12-8-. The topological polar surface area (TPSA) is 55.8 Å². The molecule has 1 aromatic rings. The van der Waals surface area contributed by atoms with Crippen LogP contribution >= 0.6 is 27.7 Å². The Balaban J connectivity index is 2.37. The number of carbonyl (C=O) groups is 2. The number of carbonyl (C=O) groups excluding carboxylic acids is 2. The van der Waals surface area contributed by atoms with E-state index >= 15 is 0 Å². The van der Waals surface area contributed by atoms with E-state index in [4.69, 9.17) is 9.47 Å². The summed E-state index contributed by atoms with van der Waals surface area (Å²) in [6.45, 7) is 3.95. The van der Waals surface area contributed by atoms with Gasteiger partial charge in [-0.2, -0.15) is 0 Å². The Bertz CT molecular complexity index is 672. The highest BCUT2D eigenvalue weighted by Crippen LogP contribution is 2.38. The summed E-state index contributed by atoms with van der Waals surface area (Å²) in [5.41, 5.74) is 0.730. The third-order valence-electron chi connectivity index (χ3n) is 2.88. The van der Waals surface area contributed by atoms with Gasteiger partial charge >= 0.3 is 0 Å². The minimum Gasteiger partial charge on any atom is -0.493 e. The molecule has 1 heterocycles. The Labute approximate surface area is 141 Å². The molecule has 22 heavy (non-hydrogen) atoms. The quantitative estimate of drug-likeness (QED) is 0.573. The normalized spacial score (nSPS) is 16.3. The Hall–Kier alpha value is -1.73. The van der Waals surface area contributed by atoms with Crippen molar-refractivity contribution in [1.29, 1.82) is 0 Å². The molecule has 0 atom stereocenters. The van der Waals surface area contributed by atoms with Crippen LogP contribution in [0.15, 0.2) is 34.2 Å². The molecule has 116 valence electrons. The average Bonchev–Trinajstić information content (AvgIpc) is 2.73. The van der Waals surface area contributed by atoms with Gasteiger partial charge in [0.1, 0.15) is 6.61 Å². The molecule has 0 bridgehead atoms. The lowest BCUT2D eigenvalue weighted by Gasteiger charge is -2.12. The van der Waals surface area contributed by atoms with Crippen LogP contribution in [0.5, 0.6) is 11.5 Å². The summed E-state index contributed by atoms with van der Waals surface area (Å²) in [5.74, 6) is 0.776. The highest BCUT2D eigenvalue weighted by atomic mass is 79.9. The van der Waals surface area contributed by atoms with Crippen LogP contribution in [0.3, 0.4) is 0 Å². The molecule has 0 N–H and O–H groups in total. The minimum atomic E-state index is -0.308. The van der Waals surface area contributed by atoms with Crippen molar-refractivity contribution in [3.8, 4) is 11.5 Å². The number of nitrogens with zero attached hydrogens (tertiary/aromatic N) is 1. The van der Waals surface area contributed by atoms with E-state index in [1.165, 1.54) is 14.2 Å². The molecule has 1 saturated heterocycles. The van der Waals surface area contributed by atoms with Crippen molar-refractivity contribution >= 4 is 44.9 Å². The largest absolute Gasteiger partial charge is 0.493 e. The van der Waals surface area contributed by atoms with Crippen molar-refractivity contribution in [2.24, 2.45) is 0 Å². The number of ether oxygens (including phenoxy) is 2. The van der Waals surface area contributed by atoms with Gasteiger partial charge in [-0.25, -0.2) is 0 Å². The van der Waals surface area contributed by atoms with Crippen LogP contribution < -0.4 is 9.47 Å². The smallest absolute Gasteiger partial charge is 0.293 e. The lowest BCUT2D eigenvalue weighted by Crippen LogP contribution is -2.22. The van der Waals surface area contributed by atoms with Crippen LogP contribution in [0, 0.1) is 0 Å². The van der Waals surface area contributed by atoms with Crippen molar-refractivity contribution in [1.82, 2.24) is 4.90 Å². The molecule has 0 aliphatic carbocycles. The summed E-state index contributed by atoms with van der Waals surface area (Å²) in [4.78, 5) is 24.9. The van der Waals surface area contributed by atoms with Gasteiger partial charge in [-0.15, -0.1) is 0 Å². The number of thioether (sulfide) groups is 1. The molecule has 7 heteroatoms. The first-order valence-corrected chi connectivity index (χ1v) is 7.91. The van der Waals surface area contributed by atoms with E-state index in [0.29, 0.717) is 27.5 Å². The predicted octanol–water partition coefficient (Wildman–Crippen LogP) is 3.69. The van der Waals surface area contributed by atoms with E-state index in [1.807, 2.05) is 0 Å². The monoisotopic (exact) mass is 383 g/mol. The van der Waals surface area contributed by atoms with E-state index in [2.05, 4.69) is 22.5 Å². The molecule has 1 aromatic carbocycles. The van der Waals surface area contributed by atoms with Crippen molar-refractivity contribution in [3.63, 3.8) is 0 Å². The van der Waals surface area contributed by atoms with E-state index < -0.39 is 0 Å². The Morgan fingerprint density at radius 3 is 2.68 bits per heavy atom. The number of halogens is 1. The Morgan fingerprint density at radius 1 is 1.41 bits per heavy atom. The van der Waals surface area contributed by atoms with Gasteiger partial charge in [0.15, 0.2) is 11.5 Å². The zero-order chi connectivity index (χ0) is 16.3. The maximum absolute atomic E-state index is 11.9. The van der Waals surface area contributed by atoms with Gasteiger partial charge < -0.3 is 9.47 Å². The summed E-state index contributed by atoms with van der Waals surface area (Å²) >= 11 is 4.33. The number of likely N-dealkylation sites (N-methyl/N-ethyl adjacent to an activating group) is 1. The van der Waals surface area contributed by atoms with Crippen LogP contribution in [-0.2, 0) is 4.79 Å². The van der Waals surface area contributed by atoms with Crippen molar-refractivity contribution in [3.05, 3.63) is 39.7 Å². The third-order valence-corrected chi connectivity index (χ3v) is 4.43. The molecule has 0 spiro atoms. The van der Waals surface area contributed by atoms with Crippen molar-refractivity contribution < 1.29 is 19.1 Å². The number of imide groups is 1. The second-order valence-electron chi connectivity index (χ2n) is 4.37. The molecule has 1 aliphatic heterocycles. The molecule has 5 nitrogen and oxygen atoms in total. The van der Waals surface area contributed by atoms with Gasteiger partial charge in [-0.1, -0.05) is 12.7 Å². The summed E-state index contributed by atoms with van der Waals surface area (Å²) in [6, 6.07) is 3.54. The van der Waals surface area contributed by atoms with Crippen LogP contribution in [-0.4, -0.2) is 36.8 Å². The molecule has 2 rings (SSSR count). The van der Waals surface area contributed by atoms with Crippen LogP contribution in [0.25, 0.3) is 6.08 Å². The fraction of sp³-hybridized carbons (Fsp3) is 0.200. The fourth-order valence-electron chi connectivity index (χ4n) is 1.80. The maximum atomic E-state index is 11.9. The second kappa shape index (κ2) is 7.02. The van der Waals surface area contributed by atoms with Crippen LogP contribution in [0.2, 0.25) is 0 Å². The lowest BCUT2D eigenvalue weighted by molar-refractivity contribution is -0.121. The number of methoxy groups -OCH3 is 1. The van der Waals surface area contributed by atoms with Gasteiger partial charge in [0.2, 0.25) is 0 Å². The molecule has 0 radical (unpaired) electrons. The molecule has 0 aromatic heterocycles. The number of benzene rings is 1. The number of rotatable bonds is 5. The highest BCUT2D eigenvalue weighted by molar-refractivity contribution is 9.10. The highest BCUT2D eigenvalue weighted by Gasteiger charge is 2.31. The lowest BCUT2D eigenvalue weighted by atomic mass is 10.2. The van der Waals surface area contributed by atoms with Crippen LogP contribution in [0.4, 0.5) is 4.79 Å². The number of amides is 2. The van der Waals surface area contributed by atoms with Crippen molar-refractivity contribution in [2.75, 3.05) is 20.8 Å². The number of hydrogen-bond donors (Lipinski definition) is 0. The zero-order valence-corrected chi connectivity index (χ0v) is 14.5. The molecule has 0 unspecified atom stereocenters. The molecule has 2 amide bonds. The average molecular weight is 384 g/mol. The minimum absolute atomic E-state index is 0.284. The van der Waals surface area contributed by atoms with Gasteiger partial charge in [-0.3, -0.25) is 14.5 Å². The SMILES string of the molecule is C=CCOc1c(Br)cc(/C=C2\SC(=O)N(C)C2=O)cc1OC. The number of hydrogen-bond acceptors (Lipinski definition) is 5. The molecule has 1 fully saturated rings. The third kappa shape index (κ3) is 3.36. The van der Waals surface area contributed by atoms with E-state index in [-0.39, 0.29) is 11.1 Å². The van der Waals surface area contributed by atoms with Crippen LogP contribution in [0.1, 0.15) is 5.56 Å². The Morgan fingerprint density at radius 2 is 2.14 bits per heavy atom. The second-order valence-corrected chi connectivity index (χ2v) is 6.22. The summed E-state index contributed by atoms with van der Waals surface area (Å²) in [6.07, 6.45) is 3.29. The van der Waals surface area contributed by atoms with Gasteiger partial charge in [0.25, 0.3) is 11.1 Å². The first-order valence-electron chi connectivity index (χ1n) is 6.30. The van der Waals surface area contributed by atoms with Gasteiger partial charge in [0, 0.05) is 7.05 Å². The summed E-state index contributed by atoms with van der Waals surface area (Å²) in [5, 5.41) is -0.284. The summed E-state index contributed by atoms with van der Waals surface area (Å²) < 4.78 is 11.5. The van der Waals surface area contributed by atoms with Gasteiger partial charge in [0.05, 0.1) is 16.5 Å². The van der Waals surface area contributed by atoms with E-state index in [0.717, 1.165) is 22.2 Å². The molecular weight excluding hydrogens is 370 g/mol. The molecule has 0 saturated carbocycles. The maximum Gasteiger partial charge on any atom is 0.293 e. The first kappa shape index (κ1) is 16.6. The molecular formula is C15H14BrNO4S. The summed E-state index contributed by atoms with van der Waals surface area (Å²) in [7, 11) is 2.99. The predicted molar refractivity (Wildman–Crippen MR) is 90.1 cm³/mol. The van der Waals surface area contributed by atoms with Gasteiger partial charge in [-0.05, 0) is 51.5 Å². The van der Waals surface area contributed by atoms with Crippen molar-refractivity contribution in [2.45, 2.75) is 0 Å². The Kier molecular flexibility index (Phi) is 5.31. The zero-order valence-electron chi connectivity index (χ0n) is 12.1.